The average molecular weight is 304 g/mol. The molecule has 0 radical (unpaired) electrons. The highest BCUT2D eigenvalue weighted by molar-refractivity contribution is 5.85. The molecule has 1 aliphatic heterocycles. The minimum absolute atomic E-state index is 0. The van der Waals surface area contributed by atoms with Crippen molar-refractivity contribution in [3.05, 3.63) is 11.7 Å². The lowest BCUT2D eigenvalue weighted by Gasteiger charge is -2.33. The second-order valence-corrected chi connectivity index (χ2v) is 5.42. The average Bonchev–Trinajstić information content (AvgIpc) is 2.77. The molecule has 1 amide bonds. The number of carbonyl (C=O) groups excluding carboxylic acids is 1. The molecule has 114 valence electrons. The van der Waals surface area contributed by atoms with Gasteiger partial charge in [0.1, 0.15) is 0 Å². The van der Waals surface area contributed by atoms with Crippen LogP contribution in [-0.2, 0) is 16.9 Å². The molecule has 1 unspecified atom stereocenters. The zero-order chi connectivity index (χ0) is 14.0. The van der Waals surface area contributed by atoms with Gasteiger partial charge in [-0.2, -0.15) is 4.98 Å². The molecule has 1 atom stereocenters. The zero-order valence-electron chi connectivity index (χ0n) is 12.0. The molecule has 3 N–H and O–H groups in total. The van der Waals surface area contributed by atoms with Crippen LogP contribution in [0.25, 0.3) is 0 Å². The summed E-state index contributed by atoms with van der Waals surface area (Å²) in [6.45, 7) is 7.56. The fourth-order valence-electron chi connectivity index (χ4n) is 2.15. The lowest BCUT2D eigenvalue weighted by Crippen LogP contribution is -2.54. The van der Waals surface area contributed by atoms with Crippen LogP contribution in [0.4, 0.5) is 0 Å². The number of rotatable bonds is 4. The Balaban J connectivity index is 0.00000200. The fourth-order valence-corrected chi connectivity index (χ4v) is 2.15. The highest BCUT2D eigenvalue weighted by Crippen LogP contribution is 2.16. The van der Waals surface area contributed by atoms with Gasteiger partial charge in [0.25, 0.3) is 0 Å². The topological polar surface area (TPSA) is 97.3 Å². The van der Waals surface area contributed by atoms with Gasteiger partial charge in [-0.15, -0.1) is 12.4 Å². The molecule has 1 fully saturated rings. The second kappa shape index (κ2) is 6.51. The van der Waals surface area contributed by atoms with E-state index in [1.165, 1.54) is 0 Å². The van der Waals surface area contributed by atoms with Gasteiger partial charge in [0, 0.05) is 13.1 Å². The number of hydrogen-bond donors (Lipinski definition) is 2. The summed E-state index contributed by atoms with van der Waals surface area (Å²) in [4.78, 5) is 18.1. The third-order valence-corrected chi connectivity index (χ3v) is 3.21. The Labute approximate surface area is 124 Å². The van der Waals surface area contributed by atoms with Gasteiger partial charge < -0.3 is 15.6 Å². The van der Waals surface area contributed by atoms with Crippen molar-refractivity contribution < 1.29 is 9.32 Å². The first-order valence-corrected chi connectivity index (χ1v) is 6.55. The van der Waals surface area contributed by atoms with E-state index in [1.807, 2.05) is 20.8 Å². The molecule has 0 spiro atoms. The van der Waals surface area contributed by atoms with Crippen LogP contribution in [0, 0.1) is 0 Å². The Hall–Kier alpha value is -1.18. The molecule has 0 bridgehead atoms. The molecule has 1 aromatic heterocycles. The maximum Gasteiger partial charge on any atom is 0.240 e. The molecule has 7 nitrogen and oxygen atoms in total. The molecule has 1 saturated heterocycles. The Morgan fingerprint density at radius 3 is 2.80 bits per heavy atom. The Bertz CT molecular complexity index is 457. The van der Waals surface area contributed by atoms with Crippen molar-refractivity contribution in [3.8, 4) is 0 Å². The van der Waals surface area contributed by atoms with Crippen LogP contribution in [0.1, 0.15) is 38.9 Å². The van der Waals surface area contributed by atoms with Crippen molar-refractivity contribution in [1.29, 1.82) is 0 Å². The summed E-state index contributed by atoms with van der Waals surface area (Å²) >= 11 is 0. The number of piperazine rings is 1. The first-order valence-electron chi connectivity index (χ1n) is 6.55. The Kier molecular flexibility index (Phi) is 5.50. The largest absolute Gasteiger partial charge is 0.353 e. The van der Waals surface area contributed by atoms with Gasteiger partial charge in [-0.1, -0.05) is 12.1 Å². The van der Waals surface area contributed by atoms with Crippen molar-refractivity contribution in [3.63, 3.8) is 0 Å². The van der Waals surface area contributed by atoms with E-state index in [4.69, 9.17) is 10.3 Å². The summed E-state index contributed by atoms with van der Waals surface area (Å²) in [5.74, 6) is 1.05. The summed E-state index contributed by atoms with van der Waals surface area (Å²) in [7, 11) is 0. The Morgan fingerprint density at radius 1 is 1.55 bits per heavy atom. The molecule has 1 aromatic rings. The van der Waals surface area contributed by atoms with Crippen molar-refractivity contribution in [2.75, 3.05) is 13.1 Å². The molecule has 20 heavy (non-hydrogen) atoms. The molecule has 2 rings (SSSR count). The predicted octanol–water partition coefficient (Wildman–Crippen LogP) is 0.396. The standard InChI is InChI=1S/C12H21N5O2.ClH/c1-4-8-10(18)14-5-6-17(8)7-9-15-11(16-19-9)12(2,3)13;/h8H,4-7,13H2,1-3H3,(H,14,18);1H. The predicted molar refractivity (Wildman–Crippen MR) is 76.3 cm³/mol. The van der Waals surface area contributed by atoms with E-state index in [0.29, 0.717) is 24.8 Å². The van der Waals surface area contributed by atoms with E-state index >= 15 is 0 Å². The SMILES string of the molecule is CCC1C(=O)NCCN1Cc1nc(C(C)(C)N)no1.Cl. The van der Waals surface area contributed by atoms with Crippen LogP contribution in [0.5, 0.6) is 0 Å². The van der Waals surface area contributed by atoms with Crippen molar-refractivity contribution in [2.24, 2.45) is 5.73 Å². The fraction of sp³-hybridized carbons (Fsp3) is 0.750. The van der Waals surface area contributed by atoms with Crippen LogP contribution in [-0.4, -0.2) is 40.1 Å². The molecule has 1 aliphatic rings. The monoisotopic (exact) mass is 303 g/mol. The summed E-state index contributed by atoms with van der Waals surface area (Å²) in [5, 5.41) is 6.75. The second-order valence-electron chi connectivity index (χ2n) is 5.42. The van der Waals surface area contributed by atoms with Crippen molar-refractivity contribution >= 4 is 18.3 Å². The molecular formula is C12H22ClN5O2. The van der Waals surface area contributed by atoms with E-state index in [-0.39, 0.29) is 24.4 Å². The van der Waals surface area contributed by atoms with E-state index in [2.05, 4.69) is 20.4 Å². The van der Waals surface area contributed by atoms with Crippen LogP contribution in [0.15, 0.2) is 4.52 Å². The number of nitrogens with two attached hydrogens (primary N) is 1. The first kappa shape index (κ1) is 16.9. The van der Waals surface area contributed by atoms with Gasteiger partial charge in [0.15, 0.2) is 5.82 Å². The highest BCUT2D eigenvalue weighted by Gasteiger charge is 2.30. The number of halogens is 1. The van der Waals surface area contributed by atoms with E-state index in [0.717, 1.165) is 13.0 Å². The highest BCUT2D eigenvalue weighted by atomic mass is 35.5. The van der Waals surface area contributed by atoms with Gasteiger partial charge in [0.2, 0.25) is 11.8 Å². The minimum atomic E-state index is -0.620. The first-order chi connectivity index (χ1) is 8.91. The molecule has 2 heterocycles. The van der Waals surface area contributed by atoms with Crippen LogP contribution in [0.2, 0.25) is 0 Å². The van der Waals surface area contributed by atoms with Gasteiger partial charge >= 0.3 is 0 Å². The number of nitrogens with one attached hydrogen (secondary N) is 1. The van der Waals surface area contributed by atoms with Crippen molar-refractivity contribution in [2.45, 2.75) is 45.3 Å². The summed E-state index contributed by atoms with van der Waals surface area (Å²) in [6.07, 6.45) is 0.759. The summed E-state index contributed by atoms with van der Waals surface area (Å²) in [5.41, 5.74) is 5.30. The molecular weight excluding hydrogens is 282 g/mol. The number of nitrogens with zero attached hydrogens (tertiary/aromatic N) is 3. The maximum atomic E-state index is 11.8. The van der Waals surface area contributed by atoms with E-state index in [1.54, 1.807) is 0 Å². The number of hydrogen-bond acceptors (Lipinski definition) is 6. The normalized spacial score (nSPS) is 20.4. The lowest BCUT2D eigenvalue weighted by molar-refractivity contribution is -0.129. The van der Waals surface area contributed by atoms with E-state index in [9.17, 15) is 4.79 Å². The molecule has 0 aromatic carbocycles. The Morgan fingerprint density at radius 2 is 2.25 bits per heavy atom. The van der Waals surface area contributed by atoms with Crippen molar-refractivity contribution in [1.82, 2.24) is 20.4 Å². The molecule has 8 heteroatoms. The summed E-state index contributed by atoms with van der Waals surface area (Å²) < 4.78 is 5.21. The number of aromatic nitrogens is 2. The molecule has 0 saturated carbocycles. The third kappa shape index (κ3) is 3.68. The summed E-state index contributed by atoms with van der Waals surface area (Å²) in [6, 6.07) is -0.130. The number of amides is 1. The minimum Gasteiger partial charge on any atom is -0.353 e. The molecule has 0 aliphatic carbocycles. The lowest BCUT2D eigenvalue weighted by atomic mass is 10.1. The maximum absolute atomic E-state index is 11.8. The van der Waals surface area contributed by atoms with Crippen LogP contribution < -0.4 is 11.1 Å². The van der Waals surface area contributed by atoms with Gasteiger partial charge in [-0.25, -0.2) is 0 Å². The van der Waals surface area contributed by atoms with E-state index < -0.39 is 5.54 Å². The smallest absolute Gasteiger partial charge is 0.240 e. The van der Waals surface area contributed by atoms with Crippen LogP contribution in [0.3, 0.4) is 0 Å². The quantitative estimate of drug-likeness (QED) is 0.835. The van der Waals surface area contributed by atoms with Gasteiger partial charge in [0.05, 0.1) is 18.1 Å². The van der Waals surface area contributed by atoms with Gasteiger partial charge in [-0.05, 0) is 20.3 Å². The number of carbonyl (C=O) groups is 1. The van der Waals surface area contributed by atoms with Gasteiger partial charge in [-0.3, -0.25) is 9.69 Å². The van der Waals surface area contributed by atoms with Crippen LogP contribution >= 0.6 is 12.4 Å². The third-order valence-electron chi connectivity index (χ3n) is 3.21. The zero-order valence-corrected chi connectivity index (χ0v) is 12.9.